The highest BCUT2D eigenvalue weighted by atomic mass is 28.4. The maximum absolute atomic E-state index is 12.3. The van der Waals surface area contributed by atoms with Crippen molar-refractivity contribution in [3.63, 3.8) is 0 Å². The molecule has 1 atom stereocenters. The van der Waals surface area contributed by atoms with Gasteiger partial charge in [-0.1, -0.05) is 30.3 Å². The van der Waals surface area contributed by atoms with Gasteiger partial charge in [-0.25, -0.2) is 0 Å². The predicted molar refractivity (Wildman–Crippen MR) is 56.3 cm³/mol. The number of alkyl halides is 5. The van der Waals surface area contributed by atoms with Crippen molar-refractivity contribution in [3.8, 4) is 0 Å². The Morgan fingerprint density at radius 1 is 1.17 bits per heavy atom. The molecule has 100 valence electrons. The third-order valence-corrected chi connectivity index (χ3v) is 4.71. The molecule has 1 aromatic rings. The summed E-state index contributed by atoms with van der Waals surface area (Å²) in [5.41, 5.74) is 0.669. The second-order valence-corrected chi connectivity index (χ2v) is 5.92. The molecule has 1 aromatic carbocycles. The molecule has 0 fully saturated rings. The van der Waals surface area contributed by atoms with E-state index in [0.29, 0.717) is 5.70 Å². The fourth-order valence-corrected chi connectivity index (χ4v) is 3.32. The molecule has 1 unspecified atom stereocenters. The standard InChI is InChI=1S/C10H9F5O2Si/c1-2-18(16-9(11)12,17-10(13,14)15)8-6-4-3-5-7-8/h2-7,9H,1H2. The van der Waals surface area contributed by atoms with Crippen LogP contribution in [0.3, 0.4) is 0 Å². The average Bonchev–Trinajstić information content (AvgIpc) is 2.26. The Bertz CT molecular complexity index is 395. The van der Waals surface area contributed by atoms with Gasteiger partial charge in [0, 0.05) is 0 Å². The van der Waals surface area contributed by atoms with Gasteiger partial charge in [0.05, 0.1) is 0 Å². The Morgan fingerprint density at radius 3 is 2.11 bits per heavy atom. The second-order valence-electron chi connectivity index (χ2n) is 3.16. The fraction of sp³-hybridized carbons (Fsp3) is 0.200. The zero-order valence-corrected chi connectivity index (χ0v) is 9.95. The first-order chi connectivity index (χ1) is 8.29. The fourth-order valence-electron chi connectivity index (χ4n) is 1.33. The van der Waals surface area contributed by atoms with Crippen molar-refractivity contribution < 1.29 is 30.8 Å². The van der Waals surface area contributed by atoms with Crippen molar-refractivity contribution in [1.29, 1.82) is 0 Å². The number of benzene rings is 1. The first kappa shape index (κ1) is 14.8. The van der Waals surface area contributed by atoms with Gasteiger partial charge in [-0.3, -0.25) is 4.43 Å². The summed E-state index contributed by atoms with van der Waals surface area (Å²) in [6.07, 6.45) is -5.09. The summed E-state index contributed by atoms with van der Waals surface area (Å²) in [4.78, 5) is 0. The van der Waals surface area contributed by atoms with Crippen LogP contribution in [0.25, 0.3) is 0 Å². The smallest absolute Gasteiger partial charge is 0.331 e. The molecular weight excluding hydrogens is 275 g/mol. The zero-order valence-electron chi connectivity index (χ0n) is 8.95. The molecule has 0 saturated carbocycles. The van der Waals surface area contributed by atoms with Crippen molar-refractivity contribution in [1.82, 2.24) is 0 Å². The molecule has 0 aliphatic carbocycles. The molecule has 1 rings (SSSR count). The maximum Gasteiger partial charge on any atom is 0.514 e. The molecule has 0 aromatic heterocycles. The number of halogens is 5. The van der Waals surface area contributed by atoms with E-state index < -0.39 is 21.5 Å². The van der Waals surface area contributed by atoms with E-state index in [-0.39, 0.29) is 5.19 Å². The van der Waals surface area contributed by atoms with Gasteiger partial charge in [0.1, 0.15) is 0 Å². The first-order valence-electron chi connectivity index (χ1n) is 4.71. The van der Waals surface area contributed by atoms with E-state index >= 15 is 0 Å². The summed E-state index contributed by atoms with van der Waals surface area (Å²) < 4.78 is 69.4. The maximum atomic E-state index is 12.3. The monoisotopic (exact) mass is 284 g/mol. The second kappa shape index (κ2) is 5.59. The third kappa shape index (κ3) is 3.90. The van der Waals surface area contributed by atoms with Crippen molar-refractivity contribution >= 4 is 13.7 Å². The van der Waals surface area contributed by atoms with Crippen LogP contribution >= 0.6 is 0 Å². The lowest BCUT2D eigenvalue weighted by molar-refractivity contribution is -0.289. The van der Waals surface area contributed by atoms with Crippen LogP contribution in [-0.4, -0.2) is 21.5 Å². The van der Waals surface area contributed by atoms with Crippen molar-refractivity contribution in [3.05, 3.63) is 42.6 Å². The Morgan fingerprint density at radius 2 is 1.72 bits per heavy atom. The van der Waals surface area contributed by atoms with Crippen molar-refractivity contribution in [2.24, 2.45) is 0 Å². The molecule has 0 saturated heterocycles. The number of hydrogen-bond acceptors (Lipinski definition) is 2. The molecule has 0 heterocycles. The predicted octanol–water partition coefficient (Wildman–Crippen LogP) is 2.84. The molecule has 18 heavy (non-hydrogen) atoms. The zero-order chi connectivity index (χ0) is 13.8. The molecule has 0 N–H and O–H groups in total. The molecule has 0 bridgehead atoms. The Labute approximate surface area is 101 Å². The van der Waals surface area contributed by atoms with Crippen LogP contribution in [0.5, 0.6) is 0 Å². The molecule has 0 radical (unpaired) electrons. The summed E-state index contributed by atoms with van der Waals surface area (Å²) >= 11 is 0. The van der Waals surface area contributed by atoms with Crippen molar-refractivity contribution in [2.45, 2.75) is 13.0 Å². The summed E-state index contributed by atoms with van der Waals surface area (Å²) in [5, 5.41) is -0.0994. The SMILES string of the molecule is C=C[Si](OC(F)F)(OC(F)(F)F)c1ccccc1. The first-order valence-corrected chi connectivity index (χ1v) is 6.60. The highest BCUT2D eigenvalue weighted by Crippen LogP contribution is 2.25. The van der Waals surface area contributed by atoms with Crippen LogP contribution in [0.2, 0.25) is 0 Å². The third-order valence-electron chi connectivity index (χ3n) is 1.98. The largest absolute Gasteiger partial charge is 0.514 e. The summed E-state index contributed by atoms with van der Waals surface area (Å²) in [5.74, 6) is 0. The van der Waals surface area contributed by atoms with E-state index in [2.05, 4.69) is 15.4 Å². The van der Waals surface area contributed by atoms with E-state index in [9.17, 15) is 22.0 Å². The van der Waals surface area contributed by atoms with E-state index in [0.717, 1.165) is 0 Å². The summed E-state index contributed by atoms with van der Waals surface area (Å²) in [6, 6.07) is 6.77. The molecule has 0 amide bonds. The van der Waals surface area contributed by atoms with Crippen LogP contribution in [-0.2, 0) is 8.85 Å². The van der Waals surface area contributed by atoms with Crippen molar-refractivity contribution in [2.75, 3.05) is 0 Å². The van der Waals surface area contributed by atoms with E-state index in [1.54, 1.807) is 0 Å². The van der Waals surface area contributed by atoms with Gasteiger partial charge >= 0.3 is 21.5 Å². The van der Waals surface area contributed by atoms with Gasteiger partial charge in [-0.2, -0.15) is 8.78 Å². The quantitative estimate of drug-likeness (QED) is 0.611. The highest BCUT2D eigenvalue weighted by molar-refractivity contribution is 6.85. The van der Waals surface area contributed by atoms with Gasteiger partial charge in [0.2, 0.25) is 0 Å². The lowest BCUT2D eigenvalue weighted by Gasteiger charge is -2.28. The molecule has 0 aliphatic heterocycles. The van der Waals surface area contributed by atoms with Gasteiger partial charge in [-0.15, -0.1) is 19.8 Å². The molecule has 0 aliphatic rings. The van der Waals surface area contributed by atoms with Crippen LogP contribution in [0.4, 0.5) is 22.0 Å². The summed E-state index contributed by atoms with van der Waals surface area (Å²) in [6.45, 7) is -0.266. The van der Waals surface area contributed by atoms with Gasteiger partial charge in [0.25, 0.3) is 0 Å². The van der Waals surface area contributed by atoms with E-state index in [1.807, 2.05) is 0 Å². The van der Waals surface area contributed by atoms with Crippen LogP contribution < -0.4 is 5.19 Å². The lowest BCUT2D eigenvalue weighted by atomic mass is 10.4. The van der Waals surface area contributed by atoms with Gasteiger partial charge in [0.15, 0.2) is 0 Å². The normalized spacial score (nSPS) is 15.4. The lowest BCUT2D eigenvalue weighted by Crippen LogP contribution is -2.56. The minimum absolute atomic E-state index is 0.0994. The Hall–Kier alpha value is -1.25. The van der Waals surface area contributed by atoms with Gasteiger partial charge in [-0.05, 0) is 10.9 Å². The Kier molecular flexibility index (Phi) is 4.60. The Balaban J connectivity index is 3.18. The van der Waals surface area contributed by atoms with E-state index in [4.69, 9.17) is 0 Å². The number of rotatable bonds is 5. The summed E-state index contributed by atoms with van der Waals surface area (Å²) in [7, 11) is -4.46. The highest BCUT2D eigenvalue weighted by Gasteiger charge is 2.49. The van der Waals surface area contributed by atoms with Crippen LogP contribution in [0, 0.1) is 0 Å². The minimum Gasteiger partial charge on any atom is -0.331 e. The molecule has 8 heteroatoms. The van der Waals surface area contributed by atoms with Gasteiger partial charge < -0.3 is 4.43 Å². The molecular formula is C10H9F5O2Si. The average molecular weight is 284 g/mol. The van der Waals surface area contributed by atoms with E-state index in [1.165, 1.54) is 30.3 Å². The van der Waals surface area contributed by atoms with Crippen LogP contribution in [0.1, 0.15) is 0 Å². The number of hydrogen-bond donors (Lipinski definition) is 0. The topological polar surface area (TPSA) is 18.5 Å². The van der Waals surface area contributed by atoms with Crippen LogP contribution in [0.15, 0.2) is 42.6 Å². The molecule has 0 spiro atoms. The molecule has 2 nitrogen and oxygen atoms in total. The minimum atomic E-state index is -5.09.